The molecule has 4 heterocycles. The number of aliphatic hydroxyl groups is 1. The lowest BCUT2D eigenvalue weighted by Gasteiger charge is -2.32. The largest absolute Gasteiger partial charge is 0.491 e. The molecule has 1 aromatic carbocycles. The molecule has 160 valence electrons. The number of pyridine rings is 2. The highest BCUT2D eigenvalue weighted by Gasteiger charge is 2.20. The Morgan fingerprint density at radius 1 is 1.16 bits per heavy atom. The van der Waals surface area contributed by atoms with Crippen molar-refractivity contribution in [3.63, 3.8) is 0 Å². The van der Waals surface area contributed by atoms with Crippen molar-refractivity contribution in [2.75, 3.05) is 38.3 Å². The second kappa shape index (κ2) is 8.53. The summed E-state index contributed by atoms with van der Waals surface area (Å²) < 4.78 is 12.8. The Bertz CT molecular complexity index is 1210. The minimum atomic E-state index is -0.286. The first-order chi connectivity index (χ1) is 15.2. The number of aliphatic hydroxyl groups excluding tert-OH is 1. The number of hydrogen-bond acceptors (Lipinski definition) is 6. The number of imidazole rings is 1. The number of rotatable bonds is 6. The highest BCUT2D eigenvalue weighted by Crippen LogP contribution is 2.30. The van der Waals surface area contributed by atoms with Crippen LogP contribution in [0.3, 0.4) is 0 Å². The third-order valence-corrected chi connectivity index (χ3v) is 5.74. The first-order valence-electron chi connectivity index (χ1n) is 10.6. The number of aromatic nitrogens is 3. The Kier molecular flexibility index (Phi) is 5.44. The summed E-state index contributed by atoms with van der Waals surface area (Å²) in [7, 11) is 1.66. The highest BCUT2D eigenvalue weighted by atomic mass is 16.5. The summed E-state index contributed by atoms with van der Waals surface area (Å²) >= 11 is 0. The number of fused-ring (bicyclic) bond motifs is 2. The Morgan fingerprint density at radius 2 is 2.10 bits per heavy atom. The van der Waals surface area contributed by atoms with Crippen molar-refractivity contribution in [3.8, 4) is 17.1 Å². The zero-order chi connectivity index (χ0) is 21.2. The second-order valence-electron chi connectivity index (χ2n) is 7.86. The summed E-state index contributed by atoms with van der Waals surface area (Å²) in [4.78, 5) is 11.8. The molecule has 1 atom stereocenters. The summed E-state index contributed by atoms with van der Waals surface area (Å²) in [6, 6.07) is 14.2. The number of methoxy groups -OCH3 is 1. The van der Waals surface area contributed by atoms with E-state index < -0.39 is 0 Å². The molecule has 0 saturated carbocycles. The van der Waals surface area contributed by atoms with Crippen molar-refractivity contribution in [3.05, 3.63) is 54.9 Å². The summed E-state index contributed by atoms with van der Waals surface area (Å²) in [5.74, 6) is 0.763. The number of piperidine rings is 1. The van der Waals surface area contributed by atoms with Crippen molar-refractivity contribution in [2.45, 2.75) is 18.9 Å². The molecular formula is C24H26N4O3. The van der Waals surface area contributed by atoms with Gasteiger partial charge in [-0.05, 0) is 31.0 Å². The van der Waals surface area contributed by atoms with Crippen molar-refractivity contribution in [1.82, 2.24) is 14.4 Å². The van der Waals surface area contributed by atoms with Gasteiger partial charge < -0.3 is 19.5 Å². The fraction of sp³-hybridized carbons (Fsp3) is 0.333. The van der Waals surface area contributed by atoms with Crippen LogP contribution in [0.15, 0.2) is 54.9 Å². The quantitative estimate of drug-likeness (QED) is 0.483. The van der Waals surface area contributed by atoms with Gasteiger partial charge in [0.25, 0.3) is 0 Å². The Hall–Kier alpha value is -3.16. The van der Waals surface area contributed by atoms with Crippen LogP contribution in [0.25, 0.3) is 27.9 Å². The van der Waals surface area contributed by atoms with E-state index in [-0.39, 0.29) is 6.10 Å². The molecule has 3 aromatic heterocycles. The lowest BCUT2D eigenvalue weighted by Crippen LogP contribution is -2.38. The first kappa shape index (κ1) is 19.8. The summed E-state index contributed by atoms with van der Waals surface area (Å²) in [6.45, 7) is 2.62. The van der Waals surface area contributed by atoms with Crippen LogP contribution in [0.4, 0.5) is 5.69 Å². The lowest BCUT2D eigenvalue weighted by molar-refractivity contribution is 0.146. The zero-order valence-corrected chi connectivity index (χ0v) is 17.6. The Labute approximate surface area is 180 Å². The maximum absolute atomic E-state index is 10.1. The molecule has 1 fully saturated rings. The van der Waals surface area contributed by atoms with Crippen LogP contribution in [-0.4, -0.2) is 59.0 Å². The van der Waals surface area contributed by atoms with Crippen LogP contribution >= 0.6 is 0 Å². The minimum Gasteiger partial charge on any atom is -0.491 e. The van der Waals surface area contributed by atoms with Gasteiger partial charge in [0.05, 0.1) is 41.5 Å². The highest BCUT2D eigenvalue weighted by molar-refractivity contribution is 5.92. The predicted octanol–water partition coefficient (Wildman–Crippen LogP) is 3.54. The number of ether oxygens (including phenoxy) is 2. The minimum absolute atomic E-state index is 0.286. The van der Waals surface area contributed by atoms with Crippen molar-refractivity contribution in [1.29, 1.82) is 0 Å². The van der Waals surface area contributed by atoms with Gasteiger partial charge in [0.2, 0.25) is 0 Å². The monoisotopic (exact) mass is 418 g/mol. The van der Waals surface area contributed by atoms with Gasteiger partial charge in [-0.25, -0.2) is 9.97 Å². The molecule has 1 unspecified atom stereocenters. The van der Waals surface area contributed by atoms with Gasteiger partial charge in [0.15, 0.2) is 0 Å². The maximum Gasteiger partial charge on any atom is 0.140 e. The fourth-order valence-electron chi connectivity index (χ4n) is 4.19. The van der Waals surface area contributed by atoms with E-state index in [1.807, 2.05) is 35.0 Å². The molecule has 0 amide bonds. The summed E-state index contributed by atoms with van der Waals surface area (Å²) in [5, 5.41) is 11.2. The number of anilines is 1. The fourth-order valence-corrected chi connectivity index (χ4v) is 4.19. The molecule has 4 aromatic rings. The lowest BCUT2D eigenvalue weighted by atomic mass is 10.1. The van der Waals surface area contributed by atoms with E-state index in [0.29, 0.717) is 19.8 Å². The Balaban J connectivity index is 1.51. The van der Waals surface area contributed by atoms with Crippen LogP contribution in [-0.2, 0) is 4.74 Å². The van der Waals surface area contributed by atoms with E-state index in [0.717, 1.165) is 58.8 Å². The van der Waals surface area contributed by atoms with Gasteiger partial charge >= 0.3 is 0 Å². The molecule has 31 heavy (non-hydrogen) atoms. The van der Waals surface area contributed by atoms with E-state index in [1.54, 1.807) is 7.11 Å². The zero-order valence-electron chi connectivity index (χ0n) is 17.6. The normalized spacial score (nSPS) is 16.8. The van der Waals surface area contributed by atoms with Gasteiger partial charge in [-0.3, -0.25) is 4.40 Å². The van der Waals surface area contributed by atoms with E-state index in [1.165, 1.54) is 0 Å². The van der Waals surface area contributed by atoms with Crippen molar-refractivity contribution in [2.24, 2.45) is 0 Å². The van der Waals surface area contributed by atoms with Gasteiger partial charge in [-0.1, -0.05) is 18.2 Å². The van der Waals surface area contributed by atoms with Crippen LogP contribution in [0, 0.1) is 0 Å². The molecule has 0 spiro atoms. The molecule has 7 nitrogen and oxygen atoms in total. The van der Waals surface area contributed by atoms with Crippen LogP contribution in [0.5, 0.6) is 5.75 Å². The Morgan fingerprint density at radius 3 is 2.97 bits per heavy atom. The summed E-state index contributed by atoms with van der Waals surface area (Å²) in [5.41, 5.74) is 4.61. The SMILES string of the molecule is COCCOc1ccn2c(-c3ccc4cccc(N5CCCC(O)C5)c4n3)cnc2c1. The molecule has 7 heteroatoms. The third-order valence-electron chi connectivity index (χ3n) is 5.74. The average Bonchev–Trinajstić information content (AvgIpc) is 3.22. The van der Waals surface area contributed by atoms with Crippen LogP contribution < -0.4 is 9.64 Å². The maximum atomic E-state index is 10.1. The van der Waals surface area contributed by atoms with Gasteiger partial charge in [0, 0.05) is 37.8 Å². The first-order valence-corrected chi connectivity index (χ1v) is 10.6. The molecule has 1 N–H and O–H groups in total. The van der Waals surface area contributed by atoms with Crippen LogP contribution in [0.2, 0.25) is 0 Å². The average molecular weight is 418 g/mol. The van der Waals surface area contributed by atoms with Crippen molar-refractivity contribution < 1.29 is 14.6 Å². The summed E-state index contributed by atoms with van der Waals surface area (Å²) in [6.07, 6.45) is 5.36. The molecule has 0 aliphatic carbocycles. The molecule has 0 radical (unpaired) electrons. The van der Waals surface area contributed by atoms with Gasteiger partial charge in [0.1, 0.15) is 18.0 Å². The number of nitrogens with zero attached hydrogens (tertiary/aromatic N) is 4. The predicted molar refractivity (Wildman–Crippen MR) is 121 cm³/mol. The second-order valence-corrected chi connectivity index (χ2v) is 7.86. The smallest absolute Gasteiger partial charge is 0.140 e. The van der Waals surface area contributed by atoms with Crippen molar-refractivity contribution >= 4 is 22.2 Å². The van der Waals surface area contributed by atoms with E-state index in [4.69, 9.17) is 14.5 Å². The van der Waals surface area contributed by atoms with E-state index >= 15 is 0 Å². The van der Waals surface area contributed by atoms with E-state index in [9.17, 15) is 5.11 Å². The molecular weight excluding hydrogens is 392 g/mol. The molecule has 5 rings (SSSR count). The molecule has 1 saturated heterocycles. The molecule has 1 aliphatic heterocycles. The third kappa shape index (κ3) is 3.94. The van der Waals surface area contributed by atoms with E-state index in [2.05, 4.69) is 34.1 Å². The number of hydrogen-bond donors (Lipinski definition) is 1. The van der Waals surface area contributed by atoms with Crippen LogP contribution in [0.1, 0.15) is 12.8 Å². The number of para-hydroxylation sites is 1. The number of β-amino-alcohol motifs (C(OH)–C–C–N with tert-alkyl or cyclic N) is 1. The van der Waals surface area contributed by atoms with Gasteiger partial charge in [-0.2, -0.15) is 0 Å². The molecule has 0 bridgehead atoms. The molecule has 1 aliphatic rings. The topological polar surface area (TPSA) is 72.1 Å². The number of benzene rings is 1. The standard InChI is InChI=1S/C24H26N4O3/c1-30-12-13-31-19-9-11-28-22(15-25-23(28)14-19)20-8-7-17-4-2-6-21(24(17)26-20)27-10-3-5-18(29)16-27/h2,4,6-9,11,14-15,18,29H,3,5,10,12-13,16H2,1H3. The van der Waals surface area contributed by atoms with Gasteiger partial charge in [-0.15, -0.1) is 0 Å².